The van der Waals surface area contributed by atoms with E-state index in [4.69, 9.17) is 5.73 Å². The molecule has 1 amide bonds. The van der Waals surface area contributed by atoms with Crippen molar-refractivity contribution in [1.82, 2.24) is 9.21 Å². The maximum absolute atomic E-state index is 12.9. The molecular formula is C22H27N5O5S. The van der Waals surface area contributed by atoms with Gasteiger partial charge in [0.2, 0.25) is 15.9 Å². The quantitative estimate of drug-likeness (QED) is 0.479. The topological polar surface area (TPSA) is 130 Å². The van der Waals surface area contributed by atoms with Crippen molar-refractivity contribution >= 4 is 27.3 Å². The van der Waals surface area contributed by atoms with Gasteiger partial charge in [-0.2, -0.15) is 4.31 Å². The minimum atomic E-state index is -3.75. The van der Waals surface area contributed by atoms with Gasteiger partial charge in [0, 0.05) is 45.3 Å². The van der Waals surface area contributed by atoms with Crippen LogP contribution in [0, 0.1) is 10.1 Å². The number of benzene rings is 2. The van der Waals surface area contributed by atoms with Crippen molar-refractivity contribution in [3.63, 3.8) is 0 Å². The van der Waals surface area contributed by atoms with Gasteiger partial charge in [0.25, 0.3) is 5.69 Å². The Morgan fingerprint density at radius 1 is 0.970 bits per heavy atom. The summed E-state index contributed by atoms with van der Waals surface area (Å²) in [6.45, 7) is 2.71. The molecule has 2 fully saturated rings. The van der Waals surface area contributed by atoms with E-state index in [9.17, 15) is 23.3 Å². The standard InChI is InChI=1S/C22H27N5O5S/c23-22(28)21(17-6-2-1-3-7-17)25-14-12-24(13-15-25)19-9-8-18(16-20(19)27(29)30)33(31,32)26-10-4-5-11-26/h1-3,6-9,16,21H,4-5,10-15H2,(H2,23,28). The van der Waals surface area contributed by atoms with E-state index in [1.165, 1.54) is 16.4 Å². The average molecular weight is 474 g/mol. The van der Waals surface area contributed by atoms with E-state index in [1.54, 1.807) is 0 Å². The summed E-state index contributed by atoms with van der Waals surface area (Å²) in [6.07, 6.45) is 1.58. The molecule has 2 aromatic carbocycles. The van der Waals surface area contributed by atoms with Crippen LogP contribution in [0.1, 0.15) is 24.4 Å². The lowest BCUT2D eigenvalue weighted by Gasteiger charge is -2.39. The maximum Gasteiger partial charge on any atom is 0.293 e. The zero-order valence-electron chi connectivity index (χ0n) is 18.2. The third kappa shape index (κ3) is 4.70. The molecule has 2 N–H and O–H groups in total. The SMILES string of the molecule is NC(=O)C(c1ccccc1)N1CCN(c2ccc(S(=O)(=O)N3CCCC3)cc2[N+](=O)[O-])CC1. The van der Waals surface area contributed by atoms with Gasteiger partial charge in [-0.25, -0.2) is 8.42 Å². The minimum absolute atomic E-state index is 0.0589. The van der Waals surface area contributed by atoms with Crippen LogP contribution in [0.25, 0.3) is 0 Å². The fraction of sp³-hybridized carbons (Fsp3) is 0.409. The molecule has 2 aliphatic heterocycles. The molecule has 176 valence electrons. The van der Waals surface area contributed by atoms with E-state index < -0.39 is 26.9 Å². The molecule has 1 atom stereocenters. The van der Waals surface area contributed by atoms with Crippen LogP contribution in [-0.4, -0.2) is 67.7 Å². The van der Waals surface area contributed by atoms with Crippen LogP contribution in [0.2, 0.25) is 0 Å². The van der Waals surface area contributed by atoms with E-state index >= 15 is 0 Å². The van der Waals surface area contributed by atoms with Crippen molar-refractivity contribution < 1.29 is 18.1 Å². The Hall–Kier alpha value is -3.02. The number of nitro groups is 1. The number of piperazine rings is 1. The molecule has 2 saturated heterocycles. The monoisotopic (exact) mass is 473 g/mol. The highest BCUT2D eigenvalue weighted by Crippen LogP contribution is 2.34. The van der Waals surface area contributed by atoms with Gasteiger partial charge in [-0.1, -0.05) is 30.3 Å². The number of nitrogens with zero attached hydrogens (tertiary/aromatic N) is 4. The summed E-state index contributed by atoms with van der Waals surface area (Å²) in [4.78, 5) is 27.2. The largest absolute Gasteiger partial charge is 0.368 e. The van der Waals surface area contributed by atoms with Crippen molar-refractivity contribution in [2.24, 2.45) is 5.73 Å². The molecule has 2 heterocycles. The van der Waals surface area contributed by atoms with Gasteiger partial charge in [0.05, 0.1) is 9.82 Å². The van der Waals surface area contributed by atoms with Crippen molar-refractivity contribution in [1.29, 1.82) is 0 Å². The highest BCUT2D eigenvalue weighted by Gasteiger charge is 2.33. The third-order valence-electron chi connectivity index (χ3n) is 6.25. The second-order valence-electron chi connectivity index (χ2n) is 8.26. The first-order valence-electron chi connectivity index (χ1n) is 10.9. The van der Waals surface area contributed by atoms with E-state index in [0.717, 1.165) is 24.5 Å². The highest BCUT2D eigenvalue weighted by atomic mass is 32.2. The number of primary amides is 1. The lowest BCUT2D eigenvalue weighted by atomic mass is 10.0. The van der Waals surface area contributed by atoms with E-state index in [2.05, 4.69) is 0 Å². The molecule has 2 aromatic rings. The minimum Gasteiger partial charge on any atom is -0.368 e. The zero-order valence-corrected chi connectivity index (χ0v) is 19.0. The van der Waals surface area contributed by atoms with Crippen LogP contribution >= 0.6 is 0 Å². The number of rotatable bonds is 7. The predicted molar refractivity (Wildman–Crippen MR) is 123 cm³/mol. The molecule has 4 rings (SSSR count). The number of hydrogen-bond acceptors (Lipinski definition) is 7. The number of nitrogens with two attached hydrogens (primary N) is 1. The Morgan fingerprint density at radius 2 is 1.61 bits per heavy atom. The summed E-state index contributed by atoms with van der Waals surface area (Å²) in [5.74, 6) is -0.447. The van der Waals surface area contributed by atoms with Crippen LogP contribution < -0.4 is 10.6 Å². The summed E-state index contributed by atoms with van der Waals surface area (Å²) in [6, 6.07) is 12.8. The summed E-state index contributed by atoms with van der Waals surface area (Å²) >= 11 is 0. The molecule has 10 nitrogen and oxygen atoms in total. The Labute approximate surface area is 192 Å². The number of carbonyl (C=O) groups is 1. The number of carbonyl (C=O) groups excluding carboxylic acids is 1. The maximum atomic E-state index is 12.9. The Kier molecular flexibility index (Phi) is 6.63. The summed E-state index contributed by atoms with van der Waals surface area (Å²) in [7, 11) is -3.75. The molecule has 0 saturated carbocycles. The number of anilines is 1. The average Bonchev–Trinajstić information content (AvgIpc) is 3.36. The fourth-order valence-corrected chi connectivity index (χ4v) is 6.10. The molecule has 33 heavy (non-hydrogen) atoms. The first-order chi connectivity index (χ1) is 15.8. The molecule has 0 aromatic heterocycles. The first-order valence-corrected chi connectivity index (χ1v) is 12.3. The predicted octanol–water partition coefficient (Wildman–Crippen LogP) is 1.73. The third-order valence-corrected chi connectivity index (χ3v) is 8.15. The van der Waals surface area contributed by atoms with Crippen molar-refractivity contribution in [2.45, 2.75) is 23.8 Å². The zero-order chi connectivity index (χ0) is 23.6. The van der Waals surface area contributed by atoms with E-state index in [-0.39, 0.29) is 10.6 Å². The van der Waals surface area contributed by atoms with Crippen LogP contribution in [0.4, 0.5) is 11.4 Å². The van der Waals surface area contributed by atoms with Gasteiger partial charge in [0.15, 0.2) is 0 Å². The van der Waals surface area contributed by atoms with Crippen molar-refractivity contribution in [2.75, 3.05) is 44.2 Å². The molecular weight excluding hydrogens is 446 g/mol. The van der Waals surface area contributed by atoms with Crippen LogP contribution in [0.3, 0.4) is 0 Å². The van der Waals surface area contributed by atoms with Gasteiger partial charge < -0.3 is 10.6 Å². The highest BCUT2D eigenvalue weighted by molar-refractivity contribution is 7.89. The molecule has 11 heteroatoms. The van der Waals surface area contributed by atoms with Gasteiger partial charge in [0.1, 0.15) is 11.7 Å². The first kappa shape index (κ1) is 23.1. The van der Waals surface area contributed by atoms with Gasteiger partial charge >= 0.3 is 0 Å². The lowest BCUT2D eigenvalue weighted by molar-refractivity contribution is -0.384. The molecule has 1 unspecified atom stereocenters. The van der Waals surface area contributed by atoms with Gasteiger partial charge in [-0.15, -0.1) is 0 Å². The fourth-order valence-electron chi connectivity index (χ4n) is 4.57. The normalized spacial score (nSPS) is 18.8. The molecule has 0 bridgehead atoms. The number of amides is 1. The van der Waals surface area contributed by atoms with Gasteiger partial charge in [-0.05, 0) is 30.5 Å². The van der Waals surface area contributed by atoms with Crippen molar-refractivity contribution in [3.05, 3.63) is 64.2 Å². The van der Waals surface area contributed by atoms with Crippen molar-refractivity contribution in [3.8, 4) is 0 Å². The molecule has 0 spiro atoms. The van der Waals surface area contributed by atoms with Gasteiger partial charge in [-0.3, -0.25) is 19.8 Å². The van der Waals surface area contributed by atoms with Crippen LogP contribution in [-0.2, 0) is 14.8 Å². The summed E-state index contributed by atoms with van der Waals surface area (Å²) < 4.78 is 27.1. The second-order valence-corrected chi connectivity index (χ2v) is 10.2. The van der Waals surface area contributed by atoms with Crippen LogP contribution in [0.5, 0.6) is 0 Å². The Balaban J connectivity index is 1.54. The molecule has 0 aliphatic carbocycles. The second kappa shape index (κ2) is 9.46. The van der Waals surface area contributed by atoms with E-state index in [0.29, 0.717) is 45.0 Å². The molecule has 0 radical (unpaired) electrons. The Morgan fingerprint density at radius 3 is 2.18 bits per heavy atom. The summed E-state index contributed by atoms with van der Waals surface area (Å²) in [5, 5.41) is 11.8. The molecule has 2 aliphatic rings. The number of nitro benzene ring substituents is 1. The lowest BCUT2D eigenvalue weighted by Crippen LogP contribution is -2.50. The van der Waals surface area contributed by atoms with Crippen LogP contribution in [0.15, 0.2) is 53.4 Å². The van der Waals surface area contributed by atoms with E-state index in [1.807, 2.05) is 40.1 Å². The smallest absolute Gasteiger partial charge is 0.293 e. The number of sulfonamides is 1. The Bertz CT molecular complexity index is 1130. The summed E-state index contributed by atoms with van der Waals surface area (Å²) in [5.41, 5.74) is 6.61. The number of hydrogen-bond donors (Lipinski definition) is 1.